The van der Waals surface area contributed by atoms with Crippen LogP contribution >= 0.6 is 0 Å². The Hall–Kier alpha value is -1.75. The molecule has 5 nitrogen and oxygen atoms in total. The van der Waals surface area contributed by atoms with E-state index in [2.05, 4.69) is 27.3 Å². The molecule has 0 spiro atoms. The second-order valence-electron chi connectivity index (χ2n) is 5.37. The van der Waals surface area contributed by atoms with Gasteiger partial charge in [-0.15, -0.1) is 0 Å². The molecule has 3 rings (SSSR count). The molecule has 1 saturated heterocycles. The van der Waals surface area contributed by atoms with E-state index >= 15 is 0 Å². The van der Waals surface area contributed by atoms with E-state index in [1.807, 2.05) is 12.1 Å². The molecule has 1 aliphatic heterocycles. The molecule has 1 unspecified atom stereocenters. The summed E-state index contributed by atoms with van der Waals surface area (Å²) in [5.41, 5.74) is 8.86. The van der Waals surface area contributed by atoms with Crippen molar-refractivity contribution in [2.75, 3.05) is 30.7 Å². The number of rotatable bonds is 4. The summed E-state index contributed by atoms with van der Waals surface area (Å²) in [5.74, 6) is 0. The van der Waals surface area contributed by atoms with Gasteiger partial charge in [0.2, 0.25) is 0 Å². The summed E-state index contributed by atoms with van der Waals surface area (Å²) in [7, 11) is 0. The van der Waals surface area contributed by atoms with E-state index in [4.69, 9.17) is 5.73 Å². The van der Waals surface area contributed by atoms with Crippen molar-refractivity contribution in [3.05, 3.63) is 18.3 Å². The lowest BCUT2D eigenvalue weighted by atomic mass is 10.2. The maximum atomic E-state index is 6.07. The third-order valence-corrected chi connectivity index (χ3v) is 3.96. The Morgan fingerprint density at radius 3 is 3.00 bits per heavy atom. The van der Waals surface area contributed by atoms with Crippen molar-refractivity contribution in [1.82, 2.24) is 15.1 Å². The largest absolute Gasteiger partial charge is 0.397 e. The third kappa shape index (κ3) is 2.51. The second kappa shape index (κ2) is 5.09. The van der Waals surface area contributed by atoms with Crippen LogP contribution in [0, 0.1) is 0 Å². The normalized spacial score (nSPS) is 17.9. The number of fused-ring (bicyclic) bond motifs is 1. The van der Waals surface area contributed by atoms with E-state index in [-0.39, 0.29) is 0 Å². The Morgan fingerprint density at radius 2 is 2.21 bits per heavy atom. The Morgan fingerprint density at radius 1 is 1.42 bits per heavy atom. The molecule has 0 aliphatic carbocycles. The van der Waals surface area contributed by atoms with Crippen LogP contribution in [-0.4, -0.2) is 40.8 Å². The van der Waals surface area contributed by atoms with E-state index in [9.17, 15) is 0 Å². The molecule has 1 aromatic heterocycles. The predicted octanol–water partition coefficient (Wildman–Crippen LogP) is 2.04. The lowest BCUT2D eigenvalue weighted by molar-refractivity contribution is 0.269. The zero-order chi connectivity index (χ0) is 13.2. The number of aromatic amines is 1. The SMILES string of the molecule is CC(CNc1cc2[nH]ncc2cc1N)N1CCCC1. The van der Waals surface area contributed by atoms with Gasteiger partial charge in [-0.2, -0.15) is 5.10 Å². The average molecular weight is 259 g/mol. The summed E-state index contributed by atoms with van der Waals surface area (Å²) < 4.78 is 0. The number of aromatic nitrogens is 2. The van der Waals surface area contributed by atoms with Gasteiger partial charge in [0.1, 0.15) is 0 Å². The van der Waals surface area contributed by atoms with Crippen molar-refractivity contribution in [2.45, 2.75) is 25.8 Å². The highest BCUT2D eigenvalue weighted by Gasteiger charge is 2.17. The predicted molar refractivity (Wildman–Crippen MR) is 79.3 cm³/mol. The van der Waals surface area contributed by atoms with E-state index in [0.29, 0.717) is 6.04 Å². The summed E-state index contributed by atoms with van der Waals surface area (Å²) in [5, 5.41) is 11.5. The molecule has 1 fully saturated rings. The molecule has 1 aromatic carbocycles. The van der Waals surface area contributed by atoms with Gasteiger partial charge in [-0.3, -0.25) is 10.00 Å². The maximum absolute atomic E-state index is 6.07. The van der Waals surface area contributed by atoms with Crippen LogP contribution in [0.5, 0.6) is 0 Å². The first-order valence-corrected chi connectivity index (χ1v) is 6.94. The summed E-state index contributed by atoms with van der Waals surface area (Å²) in [6, 6.07) is 4.54. The van der Waals surface area contributed by atoms with Crippen LogP contribution < -0.4 is 11.1 Å². The second-order valence-corrected chi connectivity index (χ2v) is 5.37. The highest BCUT2D eigenvalue weighted by Crippen LogP contribution is 2.24. The van der Waals surface area contributed by atoms with Gasteiger partial charge in [-0.1, -0.05) is 0 Å². The first kappa shape index (κ1) is 12.3. The first-order valence-electron chi connectivity index (χ1n) is 6.94. The van der Waals surface area contributed by atoms with Crippen LogP contribution in [0.15, 0.2) is 18.3 Å². The van der Waals surface area contributed by atoms with Crippen molar-refractivity contribution >= 4 is 22.3 Å². The van der Waals surface area contributed by atoms with E-state index in [0.717, 1.165) is 28.8 Å². The van der Waals surface area contributed by atoms with Crippen molar-refractivity contribution in [2.24, 2.45) is 0 Å². The van der Waals surface area contributed by atoms with E-state index < -0.39 is 0 Å². The van der Waals surface area contributed by atoms with Gasteiger partial charge in [0.15, 0.2) is 0 Å². The molecular weight excluding hydrogens is 238 g/mol. The number of hydrogen-bond acceptors (Lipinski definition) is 4. The Bertz CT molecular complexity index is 556. The van der Waals surface area contributed by atoms with Gasteiger partial charge in [0, 0.05) is 18.0 Å². The summed E-state index contributed by atoms with van der Waals surface area (Å²) in [6.07, 6.45) is 4.45. The molecule has 1 atom stereocenters. The van der Waals surface area contributed by atoms with Gasteiger partial charge >= 0.3 is 0 Å². The number of nitrogen functional groups attached to an aromatic ring is 1. The van der Waals surface area contributed by atoms with Crippen LogP contribution in [0.25, 0.3) is 10.9 Å². The fourth-order valence-electron chi connectivity index (χ4n) is 2.73. The fraction of sp³-hybridized carbons (Fsp3) is 0.500. The van der Waals surface area contributed by atoms with Gasteiger partial charge < -0.3 is 11.1 Å². The highest BCUT2D eigenvalue weighted by atomic mass is 15.2. The molecule has 0 bridgehead atoms. The van der Waals surface area contributed by atoms with Crippen LogP contribution in [0.4, 0.5) is 11.4 Å². The molecule has 0 radical (unpaired) electrons. The van der Waals surface area contributed by atoms with E-state index in [1.165, 1.54) is 25.9 Å². The van der Waals surface area contributed by atoms with Crippen molar-refractivity contribution < 1.29 is 0 Å². The number of nitrogens with zero attached hydrogens (tertiary/aromatic N) is 2. The van der Waals surface area contributed by atoms with Crippen molar-refractivity contribution in [1.29, 1.82) is 0 Å². The van der Waals surface area contributed by atoms with Crippen LogP contribution in [0.3, 0.4) is 0 Å². The molecule has 5 heteroatoms. The molecule has 102 valence electrons. The van der Waals surface area contributed by atoms with Crippen LogP contribution in [0.1, 0.15) is 19.8 Å². The minimum atomic E-state index is 0.541. The molecule has 19 heavy (non-hydrogen) atoms. The third-order valence-electron chi connectivity index (χ3n) is 3.96. The molecule has 2 heterocycles. The molecule has 4 N–H and O–H groups in total. The monoisotopic (exact) mass is 259 g/mol. The fourth-order valence-corrected chi connectivity index (χ4v) is 2.73. The van der Waals surface area contributed by atoms with Crippen LogP contribution in [-0.2, 0) is 0 Å². The number of H-pyrrole nitrogens is 1. The Labute approximate surface area is 113 Å². The van der Waals surface area contributed by atoms with Crippen molar-refractivity contribution in [3.63, 3.8) is 0 Å². The summed E-state index contributed by atoms with van der Waals surface area (Å²) in [4.78, 5) is 2.53. The summed E-state index contributed by atoms with van der Waals surface area (Å²) in [6.45, 7) is 5.63. The number of nitrogens with one attached hydrogen (secondary N) is 2. The van der Waals surface area contributed by atoms with Gasteiger partial charge in [0.25, 0.3) is 0 Å². The molecular formula is C14H21N5. The standard InChI is InChI=1S/C14H21N5/c1-10(19-4-2-3-5-19)8-16-14-7-13-11(6-12(14)15)9-17-18-13/h6-7,9-10,16H,2-5,8,15H2,1H3,(H,17,18). The number of benzene rings is 1. The Balaban J connectivity index is 1.68. The minimum absolute atomic E-state index is 0.541. The first-order chi connectivity index (χ1) is 9.24. The minimum Gasteiger partial charge on any atom is -0.397 e. The van der Waals surface area contributed by atoms with Gasteiger partial charge in [-0.05, 0) is 45.0 Å². The molecule has 2 aromatic rings. The lowest BCUT2D eigenvalue weighted by Gasteiger charge is -2.24. The zero-order valence-corrected chi connectivity index (χ0v) is 11.3. The maximum Gasteiger partial charge on any atom is 0.0672 e. The molecule has 0 amide bonds. The number of nitrogens with two attached hydrogens (primary N) is 1. The van der Waals surface area contributed by atoms with Crippen LogP contribution in [0.2, 0.25) is 0 Å². The smallest absolute Gasteiger partial charge is 0.0672 e. The van der Waals surface area contributed by atoms with Gasteiger partial charge in [0.05, 0.1) is 23.1 Å². The number of likely N-dealkylation sites (tertiary alicyclic amines) is 1. The summed E-state index contributed by atoms with van der Waals surface area (Å²) >= 11 is 0. The lowest BCUT2D eigenvalue weighted by Crippen LogP contribution is -2.35. The quantitative estimate of drug-likeness (QED) is 0.735. The topological polar surface area (TPSA) is 70.0 Å². The van der Waals surface area contributed by atoms with Gasteiger partial charge in [-0.25, -0.2) is 0 Å². The molecule has 1 aliphatic rings. The number of hydrogen-bond donors (Lipinski definition) is 3. The zero-order valence-electron chi connectivity index (χ0n) is 11.3. The van der Waals surface area contributed by atoms with E-state index in [1.54, 1.807) is 6.20 Å². The van der Waals surface area contributed by atoms with Crippen molar-refractivity contribution in [3.8, 4) is 0 Å². The molecule has 0 saturated carbocycles. The highest BCUT2D eigenvalue weighted by molar-refractivity contribution is 5.88. The number of anilines is 2. The Kier molecular flexibility index (Phi) is 3.29. The average Bonchev–Trinajstić information content (AvgIpc) is 3.06.